The number of nitrogens with one attached hydrogen (secondary N) is 2. The zero-order valence-electron chi connectivity index (χ0n) is 13.5. The number of carbonyl (C=O) groups is 1. The molecule has 0 unspecified atom stereocenters. The minimum atomic E-state index is -0.505. The molecule has 24 heavy (non-hydrogen) atoms. The van der Waals surface area contributed by atoms with E-state index >= 15 is 0 Å². The van der Waals surface area contributed by atoms with Crippen molar-refractivity contribution in [3.8, 4) is 0 Å². The highest BCUT2D eigenvalue weighted by atomic mass is 19.1. The minimum absolute atomic E-state index is 0.136. The monoisotopic (exact) mass is 329 g/mol. The number of nitrogens with zero attached hydrogens (tertiary/aromatic N) is 3. The number of hydrogen-bond acceptors (Lipinski definition) is 4. The molecule has 1 aromatic carbocycles. The normalized spacial score (nSPS) is 15.2. The van der Waals surface area contributed by atoms with Crippen LogP contribution in [0.25, 0.3) is 0 Å². The van der Waals surface area contributed by atoms with Gasteiger partial charge in [-0.25, -0.2) is 14.2 Å². The molecule has 2 amide bonds. The fourth-order valence-corrected chi connectivity index (χ4v) is 2.53. The molecule has 2 aromatic rings. The summed E-state index contributed by atoms with van der Waals surface area (Å²) in [5.74, 6) is 0.416. The van der Waals surface area contributed by atoms with Crippen LogP contribution in [-0.2, 0) is 0 Å². The molecule has 0 bridgehead atoms. The highest BCUT2D eigenvalue weighted by Crippen LogP contribution is 2.17. The van der Waals surface area contributed by atoms with Gasteiger partial charge < -0.3 is 20.4 Å². The number of urea groups is 1. The molecule has 0 radical (unpaired) electrons. The summed E-state index contributed by atoms with van der Waals surface area (Å²) < 4.78 is 13.5. The van der Waals surface area contributed by atoms with E-state index in [1.807, 2.05) is 6.07 Å². The summed E-state index contributed by atoms with van der Waals surface area (Å²) in [6, 6.07) is 9.19. The van der Waals surface area contributed by atoms with E-state index in [1.165, 1.54) is 12.1 Å². The lowest BCUT2D eigenvalue weighted by molar-refractivity contribution is 0.262. The zero-order valence-corrected chi connectivity index (χ0v) is 13.5. The highest BCUT2D eigenvalue weighted by molar-refractivity contribution is 5.99. The van der Waals surface area contributed by atoms with E-state index in [4.69, 9.17) is 0 Å². The molecule has 1 aromatic heterocycles. The summed E-state index contributed by atoms with van der Waals surface area (Å²) in [6.45, 7) is 3.88. The standard InChI is InChI=1S/C17H20FN5O/c1-22-8-10-23(11-9-22)16-7-6-13(12-19-16)20-17(24)21-15-5-3-2-4-14(15)18/h2-7,12H,8-11H2,1H3,(H2,20,21,24). The fourth-order valence-electron chi connectivity index (χ4n) is 2.53. The van der Waals surface area contributed by atoms with Gasteiger partial charge in [0.1, 0.15) is 11.6 Å². The summed E-state index contributed by atoms with van der Waals surface area (Å²) in [4.78, 5) is 20.8. The van der Waals surface area contributed by atoms with Gasteiger partial charge in [-0.3, -0.25) is 0 Å². The second-order valence-corrected chi connectivity index (χ2v) is 5.75. The van der Waals surface area contributed by atoms with E-state index < -0.39 is 11.8 Å². The SMILES string of the molecule is CN1CCN(c2ccc(NC(=O)Nc3ccccc3F)cn2)CC1. The molecule has 0 saturated carbocycles. The number of carbonyl (C=O) groups excluding carboxylic acids is 1. The van der Waals surface area contributed by atoms with Gasteiger partial charge in [-0.05, 0) is 31.3 Å². The molecular formula is C17H20FN5O. The molecule has 1 fully saturated rings. The Morgan fingerprint density at radius 1 is 1.08 bits per heavy atom. The Morgan fingerprint density at radius 2 is 1.83 bits per heavy atom. The smallest absolute Gasteiger partial charge is 0.323 e. The maximum absolute atomic E-state index is 13.5. The number of amides is 2. The van der Waals surface area contributed by atoms with Gasteiger partial charge in [-0.15, -0.1) is 0 Å². The average molecular weight is 329 g/mol. The number of pyridine rings is 1. The lowest BCUT2D eigenvalue weighted by atomic mass is 10.3. The minimum Gasteiger partial charge on any atom is -0.354 e. The van der Waals surface area contributed by atoms with Gasteiger partial charge in [0, 0.05) is 26.2 Å². The van der Waals surface area contributed by atoms with Gasteiger partial charge >= 0.3 is 6.03 Å². The van der Waals surface area contributed by atoms with Crippen LogP contribution in [0.3, 0.4) is 0 Å². The summed E-state index contributed by atoms with van der Waals surface area (Å²) in [6.07, 6.45) is 1.61. The van der Waals surface area contributed by atoms with Gasteiger partial charge in [-0.1, -0.05) is 12.1 Å². The van der Waals surface area contributed by atoms with Crippen molar-refractivity contribution >= 4 is 23.2 Å². The van der Waals surface area contributed by atoms with E-state index in [0.29, 0.717) is 5.69 Å². The molecule has 1 aliphatic heterocycles. The van der Waals surface area contributed by atoms with Crippen LogP contribution in [0.5, 0.6) is 0 Å². The average Bonchev–Trinajstić information content (AvgIpc) is 2.58. The quantitative estimate of drug-likeness (QED) is 0.909. The molecular weight excluding hydrogens is 309 g/mol. The van der Waals surface area contributed by atoms with Crippen LogP contribution in [0.1, 0.15) is 0 Å². The Kier molecular flexibility index (Phi) is 4.90. The van der Waals surface area contributed by atoms with Crippen LogP contribution < -0.4 is 15.5 Å². The number of benzene rings is 1. The number of aromatic nitrogens is 1. The maximum Gasteiger partial charge on any atom is 0.323 e. The zero-order chi connectivity index (χ0) is 16.9. The molecule has 1 saturated heterocycles. The lowest BCUT2D eigenvalue weighted by Gasteiger charge is -2.33. The molecule has 2 N–H and O–H groups in total. The number of para-hydroxylation sites is 1. The third kappa shape index (κ3) is 3.99. The fraction of sp³-hybridized carbons (Fsp3) is 0.294. The van der Waals surface area contributed by atoms with Crippen LogP contribution in [0.4, 0.5) is 26.4 Å². The Balaban J connectivity index is 1.58. The van der Waals surface area contributed by atoms with E-state index in [9.17, 15) is 9.18 Å². The van der Waals surface area contributed by atoms with Crippen LogP contribution in [0.15, 0.2) is 42.6 Å². The third-order valence-corrected chi connectivity index (χ3v) is 3.96. The second-order valence-electron chi connectivity index (χ2n) is 5.75. The van der Waals surface area contributed by atoms with E-state index in [0.717, 1.165) is 32.0 Å². The van der Waals surface area contributed by atoms with Gasteiger partial charge in [0.2, 0.25) is 0 Å². The first kappa shape index (κ1) is 16.2. The van der Waals surface area contributed by atoms with Crippen molar-refractivity contribution < 1.29 is 9.18 Å². The number of rotatable bonds is 3. The summed E-state index contributed by atoms with van der Waals surface area (Å²) in [5.41, 5.74) is 0.693. The lowest BCUT2D eigenvalue weighted by Crippen LogP contribution is -2.44. The summed E-state index contributed by atoms with van der Waals surface area (Å²) in [5, 5.41) is 5.12. The largest absolute Gasteiger partial charge is 0.354 e. The predicted molar refractivity (Wildman–Crippen MR) is 93.0 cm³/mol. The topological polar surface area (TPSA) is 60.5 Å². The van der Waals surface area contributed by atoms with Crippen LogP contribution in [0.2, 0.25) is 0 Å². The molecule has 7 heteroatoms. The number of piperazine rings is 1. The van der Waals surface area contributed by atoms with Crippen LogP contribution in [-0.4, -0.2) is 49.1 Å². The van der Waals surface area contributed by atoms with Gasteiger partial charge in [-0.2, -0.15) is 0 Å². The summed E-state index contributed by atoms with van der Waals surface area (Å²) in [7, 11) is 2.10. The first-order chi connectivity index (χ1) is 11.6. The highest BCUT2D eigenvalue weighted by Gasteiger charge is 2.15. The van der Waals surface area contributed by atoms with E-state index in [1.54, 1.807) is 24.4 Å². The number of halogens is 1. The Bertz CT molecular complexity index is 698. The molecule has 0 aliphatic carbocycles. The molecule has 0 spiro atoms. The molecule has 2 heterocycles. The molecule has 3 rings (SSSR count). The van der Waals surface area contributed by atoms with Crippen molar-refractivity contribution in [1.82, 2.24) is 9.88 Å². The van der Waals surface area contributed by atoms with Crippen LogP contribution >= 0.6 is 0 Å². The maximum atomic E-state index is 13.5. The molecule has 126 valence electrons. The number of anilines is 3. The molecule has 0 atom stereocenters. The third-order valence-electron chi connectivity index (χ3n) is 3.96. The number of likely N-dealkylation sites (N-methyl/N-ethyl adjacent to an activating group) is 1. The van der Waals surface area contributed by atoms with Crippen molar-refractivity contribution in [2.45, 2.75) is 0 Å². The molecule has 6 nitrogen and oxygen atoms in total. The van der Waals surface area contributed by atoms with Crippen molar-refractivity contribution in [2.75, 3.05) is 48.8 Å². The number of hydrogen-bond donors (Lipinski definition) is 2. The Morgan fingerprint density at radius 3 is 2.50 bits per heavy atom. The van der Waals surface area contributed by atoms with Crippen molar-refractivity contribution in [3.63, 3.8) is 0 Å². The second kappa shape index (κ2) is 7.27. The van der Waals surface area contributed by atoms with Gasteiger partial charge in [0.05, 0.1) is 17.6 Å². The predicted octanol–water partition coefficient (Wildman–Crippen LogP) is 2.62. The van der Waals surface area contributed by atoms with E-state index in [-0.39, 0.29) is 5.69 Å². The first-order valence-electron chi connectivity index (χ1n) is 7.84. The van der Waals surface area contributed by atoms with Gasteiger partial charge in [0.15, 0.2) is 0 Å². The Labute approximate surface area is 140 Å². The van der Waals surface area contributed by atoms with E-state index in [2.05, 4.69) is 32.5 Å². The van der Waals surface area contributed by atoms with Crippen LogP contribution in [0, 0.1) is 5.82 Å². The Hall–Kier alpha value is -2.67. The first-order valence-corrected chi connectivity index (χ1v) is 7.84. The van der Waals surface area contributed by atoms with Crippen molar-refractivity contribution in [2.24, 2.45) is 0 Å². The summed E-state index contributed by atoms with van der Waals surface area (Å²) >= 11 is 0. The van der Waals surface area contributed by atoms with Crippen molar-refractivity contribution in [3.05, 3.63) is 48.4 Å². The van der Waals surface area contributed by atoms with Crippen molar-refractivity contribution in [1.29, 1.82) is 0 Å². The molecule has 1 aliphatic rings. The van der Waals surface area contributed by atoms with Gasteiger partial charge in [0.25, 0.3) is 0 Å².